The molecule has 0 amide bonds. The van der Waals surface area contributed by atoms with Crippen LogP contribution in [-0.4, -0.2) is 19.1 Å². The minimum atomic E-state index is 0.190. The third kappa shape index (κ3) is 2.79. The number of aryl methyl sites for hydroxylation is 1. The van der Waals surface area contributed by atoms with Gasteiger partial charge >= 0.3 is 0 Å². The molecule has 2 rings (SSSR count). The first kappa shape index (κ1) is 12.4. The van der Waals surface area contributed by atoms with Crippen LogP contribution in [0.2, 0.25) is 0 Å². The van der Waals surface area contributed by atoms with Crippen LogP contribution < -0.4 is 0 Å². The number of ether oxygens (including phenoxy) is 1. The van der Waals surface area contributed by atoms with Gasteiger partial charge in [-0.3, -0.25) is 0 Å². The van der Waals surface area contributed by atoms with Crippen LogP contribution in [-0.2, 0) is 17.6 Å². The Hall–Kier alpha value is -0.0500. The van der Waals surface area contributed by atoms with E-state index in [-0.39, 0.29) is 5.41 Å². The summed E-state index contributed by atoms with van der Waals surface area (Å²) in [6.45, 7) is 3.94. The molecule has 1 aliphatic heterocycles. The van der Waals surface area contributed by atoms with Crippen LogP contribution in [0, 0.1) is 5.41 Å². The van der Waals surface area contributed by atoms with E-state index < -0.39 is 0 Å². The Kier molecular flexibility index (Phi) is 4.28. The molecule has 1 atom stereocenters. The standard InChI is InChI=1S/C13H19ClOS/c1-2-11-4-5-12(16-11)8-13(9-14)6-3-7-15-10-13/h4-5H,2-3,6-10H2,1H3. The average molecular weight is 259 g/mol. The molecule has 1 aromatic heterocycles. The molecule has 1 nitrogen and oxygen atoms in total. The number of hydrogen-bond donors (Lipinski definition) is 0. The van der Waals surface area contributed by atoms with Crippen molar-refractivity contribution in [1.82, 2.24) is 0 Å². The molecule has 2 heterocycles. The number of hydrogen-bond acceptors (Lipinski definition) is 2. The lowest BCUT2D eigenvalue weighted by atomic mass is 9.81. The summed E-state index contributed by atoms with van der Waals surface area (Å²) in [6, 6.07) is 4.50. The van der Waals surface area contributed by atoms with Crippen LogP contribution in [0.1, 0.15) is 29.5 Å². The zero-order valence-corrected chi connectivity index (χ0v) is 11.4. The third-order valence-corrected chi connectivity index (χ3v) is 5.10. The quantitative estimate of drug-likeness (QED) is 0.745. The number of halogens is 1. The first-order chi connectivity index (χ1) is 7.78. The third-order valence-electron chi connectivity index (χ3n) is 3.30. The molecular formula is C13H19ClOS. The molecule has 0 aromatic carbocycles. The fourth-order valence-electron chi connectivity index (χ4n) is 2.28. The van der Waals surface area contributed by atoms with E-state index in [9.17, 15) is 0 Å². The van der Waals surface area contributed by atoms with E-state index in [1.54, 1.807) is 0 Å². The highest BCUT2D eigenvalue weighted by Gasteiger charge is 2.32. The van der Waals surface area contributed by atoms with Crippen LogP contribution in [0.4, 0.5) is 0 Å². The van der Waals surface area contributed by atoms with Crippen LogP contribution >= 0.6 is 22.9 Å². The lowest BCUT2D eigenvalue weighted by Crippen LogP contribution is -2.35. The highest BCUT2D eigenvalue weighted by molar-refractivity contribution is 7.11. The van der Waals surface area contributed by atoms with Gasteiger partial charge in [0.15, 0.2) is 0 Å². The maximum absolute atomic E-state index is 6.15. The van der Waals surface area contributed by atoms with Crippen molar-refractivity contribution in [2.24, 2.45) is 5.41 Å². The first-order valence-electron chi connectivity index (χ1n) is 5.99. The zero-order chi connectivity index (χ0) is 11.4. The molecule has 0 bridgehead atoms. The highest BCUT2D eigenvalue weighted by atomic mass is 35.5. The second-order valence-electron chi connectivity index (χ2n) is 4.69. The van der Waals surface area contributed by atoms with E-state index >= 15 is 0 Å². The largest absolute Gasteiger partial charge is 0.381 e. The molecule has 16 heavy (non-hydrogen) atoms. The Balaban J connectivity index is 2.05. The minimum absolute atomic E-state index is 0.190. The van der Waals surface area contributed by atoms with Gasteiger partial charge in [0.05, 0.1) is 6.61 Å². The number of alkyl halides is 1. The molecule has 1 saturated heterocycles. The molecule has 0 N–H and O–H groups in total. The van der Waals surface area contributed by atoms with Gasteiger partial charge < -0.3 is 4.74 Å². The molecule has 0 saturated carbocycles. The molecule has 0 radical (unpaired) electrons. The van der Waals surface area contributed by atoms with Crippen molar-refractivity contribution in [3.8, 4) is 0 Å². The van der Waals surface area contributed by atoms with Crippen LogP contribution in [0.15, 0.2) is 12.1 Å². The summed E-state index contributed by atoms with van der Waals surface area (Å²) in [4.78, 5) is 2.93. The smallest absolute Gasteiger partial charge is 0.0537 e. The number of rotatable bonds is 4. The SMILES string of the molecule is CCc1ccc(CC2(CCl)CCCOC2)s1. The molecule has 1 fully saturated rings. The Morgan fingerprint density at radius 1 is 1.44 bits per heavy atom. The Bertz CT molecular complexity index is 328. The molecule has 90 valence electrons. The highest BCUT2D eigenvalue weighted by Crippen LogP contribution is 2.35. The summed E-state index contributed by atoms with van der Waals surface area (Å²) >= 11 is 8.08. The molecule has 3 heteroatoms. The number of thiophene rings is 1. The predicted octanol–water partition coefficient (Wildman–Crippen LogP) is 3.89. The molecular weight excluding hydrogens is 240 g/mol. The fourth-order valence-corrected chi connectivity index (χ4v) is 3.72. The van der Waals surface area contributed by atoms with Crippen molar-refractivity contribution in [3.05, 3.63) is 21.9 Å². The summed E-state index contributed by atoms with van der Waals surface area (Å²) < 4.78 is 5.60. The Morgan fingerprint density at radius 2 is 2.25 bits per heavy atom. The molecule has 1 aliphatic rings. The van der Waals surface area contributed by atoms with Crippen molar-refractivity contribution in [2.75, 3.05) is 19.1 Å². The van der Waals surface area contributed by atoms with Gasteiger partial charge in [-0.25, -0.2) is 0 Å². The summed E-state index contributed by atoms with van der Waals surface area (Å²) in [6.07, 6.45) is 4.57. The second kappa shape index (κ2) is 5.52. The summed E-state index contributed by atoms with van der Waals surface area (Å²) in [5, 5.41) is 0. The maximum Gasteiger partial charge on any atom is 0.0537 e. The molecule has 1 aromatic rings. The normalized spacial score (nSPS) is 25.9. The van der Waals surface area contributed by atoms with Gasteiger partial charge in [0, 0.05) is 27.7 Å². The summed E-state index contributed by atoms with van der Waals surface area (Å²) in [5.74, 6) is 0.715. The van der Waals surface area contributed by atoms with Gasteiger partial charge in [0.2, 0.25) is 0 Å². The predicted molar refractivity (Wildman–Crippen MR) is 70.6 cm³/mol. The Morgan fingerprint density at radius 3 is 2.81 bits per heavy atom. The maximum atomic E-state index is 6.15. The van der Waals surface area contributed by atoms with Crippen molar-refractivity contribution < 1.29 is 4.74 Å². The van der Waals surface area contributed by atoms with Crippen molar-refractivity contribution >= 4 is 22.9 Å². The van der Waals surface area contributed by atoms with Gasteiger partial charge in [0.1, 0.15) is 0 Å². The van der Waals surface area contributed by atoms with E-state index in [0.29, 0.717) is 5.88 Å². The lowest BCUT2D eigenvalue weighted by molar-refractivity contribution is 0.00517. The topological polar surface area (TPSA) is 9.23 Å². The summed E-state index contributed by atoms with van der Waals surface area (Å²) in [7, 11) is 0. The van der Waals surface area contributed by atoms with Crippen LogP contribution in [0.5, 0.6) is 0 Å². The summed E-state index contributed by atoms with van der Waals surface area (Å²) in [5.41, 5.74) is 0.190. The lowest BCUT2D eigenvalue weighted by Gasteiger charge is -2.35. The monoisotopic (exact) mass is 258 g/mol. The second-order valence-corrected chi connectivity index (χ2v) is 6.21. The molecule has 0 spiro atoms. The van der Waals surface area contributed by atoms with Crippen molar-refractivity contribution in [2.45, 2.75) is 32.6 Å². The molecule has 1 unspecified atom stereocenters. The minimum Gasteiger partial charge on any atom is -0.381 e. The van der Waals surface area contributed by atoms with E-state index in [1.807, 2.05) is 11.3 Å². The van der Waals surface area contributed by atoms with Crippen LogP contribution in [0.3, 0.4) is 0 Å². The van der Waals surface area contributed by atoms with Gasteiger partial charge in [-0.15, -0.1) is 22.9 Å². The average Bonchev–Trinajstić information content (AvgIpc) is 2.78. The van der Waals surface area contributed by atoms with E-state index in [4.69, 9.17) is 16.3 Å². The van der Waals surface area contributed by atoms with E-state index in [0.717, 1.165) is 32.5 Å². The van der Waals surface area contributed by atoms with E-state index in [2.05, 4.69) is 19.1 Å². The fraction of sp³-hybridized carbons (Fsp3) is 0.692. The van der Waals surface area contributed by atoms with E-state index in [1.165, 1.54) is 16.2 Å². The van der Waals surface area contributed by atoms with Crippen molar-refractivity contribution in [1.29, 1.82) is 0 Å². The first-order valence-corrected chi connectivity index (χ1v) is 7.34. The van der Waals surface area contributed by atoms with Crippen LogP contribution in [0.25, 0.3) is 0 Å². The Labute approximate surface area is 107 Å². The van der Waals surface area contributed by atoms with Gasteiger partial charge in [0.25, 0.3) is 0 Å². The van der Waals surface area contributed by atoms with Crippen molar-refractivity contribution in [3.63, 3.8) is 0 Å². The van der Waals surface area contributed by atoms with Gasteiger partial charge in [-0.05, 0) is 37.8 Å². The molecule has 0 aliphatic carbocycles. The zero-order valence-electron chi connectivity index (χ0n) is 9.80. The van der Waals surface area contributed by atoms with Gasteiger partial charge in [-0.1, -0.05) is 6.92 Å². The van der Waals surface area contributed by atoms with Gasteiger partial charge in [-0.2, -0.15) is 0 Å².